The van der Waals surface area contributed by atoms with E-state index in [9.17, 15) is 4.79 Å². The molecule has 3 aliphatic rings. The highest BCUT2D eigenvalue weighted by atomic mass is 16.5. The summed E-state index contributed by atoms with van der Waals surface area (Å²) in [4.78, 5) is 23.7. The summed E-state index contributed by atoms with van der Waals surface area (Å²) in [6.07, 6.45) is 11.3. The summed E-state index contributed by atoms with van der Waals surface area (Å²) in [7, 11) is 1.63. The zero-order valence-electron chi connectivity index (χ0n) is 14.5. The fourth-order valence-electron chi connectivity index (χ4n) is 5.04. The first-order valence-electron chi connectivity index (χ1n) is 9.41. The highest BCUT2D eigenvalue weighted by Gasteiger charge is 2.37. The third-order valence-electron chi connectivity index (χ3n) is 6.36. The third kappa shape index (κ3) is 2.89. The van der Waals surface area contributed by atoms with Crippen molar-refractivity contribution in [3.05, 3.63) is 17.6 Å². The summed E-state index contributed by atoms with van der Waals surface area (Å²) >= 11 is 0. The number of hydrogen-bond donors (Lipinski definition) is 0. The normalized spacial score (nSPS) is 29.5. The Balaban J connectivity index is 1.45. The van der Waals surface area contributed by atoms with Gasteiger partial charge in [0.25, 0.3) is 0 Å². The molecule has 130 valence electrons. The summed E-state index contributed by atoms with van der Waals surface area (Å²) in [5, 5.41) is 0. The van der Waals surface area contributed by atoms with E-state index in [2.05, 4.69) is 9.97 Å². The smallest absolute Gasteiger partial charge is 0.226 e. The van der Waals surface area contributed by atoms with E-state index in [0.29, 0.717) is 18.3 Å². The quantitative estimate of drug-likeness (QED) is 0.837. The number of fused-ring (bicyclic) bond motifs is 2. The maximum Gasteiger partial charge on any atom is 0.226 e. The molecule has 3 atom stereocenters. The molecule has 2 heterocycles. The summed E-state index contributed by atoms with van der Waals surface area (Å²) in [6.45, 7) is 1.37. The van der Waals surface area contributed by atoms with Gasteiger partial charge in [-0.1, -0.05) is 25.7 Å². The Morgan fingerprint density at radius 2 is 2.00 bits per heavy atom. The average molecular weight is 329 g/mol. The van der Waals surface area contributed by atoms with E-state index in [-0.39, 0.29) is 5.92 Å². The summed E-state index contributed by atoms with van der Waals surface area (Å²) in [6, 6.07) is 0. The summed E-state index contributed by atoms with van der Waals surface area (Å²) < 4.78 is 5.37. The van der Waals surface area contributed by atoms with Crippen LogP contribution in [0.5, 0.6) is 5.88 Å². The first kappa shape index (κ1) is 15.9. The van der Waals surface area contributed by atoms with Gasteiger partial charge in [0.15, 0.2) is 0 Å². The number of carbonyl (C=O) groups is 1. The topological polar surface area (TPSA) is 55.3 Å². The van der Waals surface area contributed by atoms with Crippen LogP contribution in [-0.2, 0) is 17.8 Å². The van der Waals surface area contributed by atoms with Crippen LogP contribution in [0, 0.1) is 17.8 Å². The fourth-order valence-corrected chi connectivity index (χ4v) is 5.04. The summed E-state index contributed by atoms with van der Waals surface area (Å²) in [5.41, 5.74) is 2.02. The molecular formula is C19H27N3O2. The largest absolute Gasteiger partial charge is 0.481 e. The van der Waals surface area contributed by atoms with Gasteiger partial charge in [-0.3, -0.25) is 4.79 Å². The minimum Gasteiger partial charge on any atom is -0.481 e. The number of nitrogens with zero attached hydrogens (tertiary/aromatic N) is 3. The molecule has 1 aromatic heterocycles. The SMILES string of the molecule is COc1ncnc2c1CN(C(=O)[C@@H]1CC[C@@H]3CCCC[C@H]3C1)CC2. The molecular weight excluding hydrogens is 302 g/mol. The van der Waals surface area contributed by atoms with Crippen LogP contribution >= 0.6 is 0 Å². The molecule has 1 amide bonds. The van der Waals surface area contributed by atoms with E-state index in [1.807, 2.05) is 4.90 Å². The molecule has 24 heavy (non-hydrogen) atoms. The van der Waals surface area contributed by atoms with Gasteiger partial charge < -0.3 is 9.64 Å². The molecule has 0 radical (unpaired) electrons. The zero-order chi connectivity index (χ0) is 16.5. The first-order chi connectivity index (χ1) is 11.8. The molecule has 5 heteroatoms. The van der Waals surface area contributed by atoms with E-state index < -0.39 is 0 Å². The minimum atomic E-state index is 0.224. The van der Waals surface area contributed by atoms with Crippen molar-refractivity contribution in [1.29, 1.82) is 0 Å². The van der Waals surface area contributed by atoms with Crippen LogP contribution in [0.3, 0.4) is 0 Å². The van der Waals surface area contributed by atoms with Gasteiger partial charge in [0.2, 0.25) is 11.8 Å². The van der Waals surface area contributed by atoms with Crippen LogP contribution in [0.4, 0.5) is 0 Å². The number of rotatable bonds is 2. The van der Waals surface area contributed by atoms with Crippen molar-refractivity contribution in [3.8, 4) is 5.88 Å². The van der Waals surface area contributed by atoms with Crippen LogP contribution in [0.25, 0.3) is 0 Å². The molecule has 1 aromatic rings. The molecule has 5 nitrogen and oxygen atoms in total. The van der Waals surface area contributed by atoms with E-state index in [4.69, 9.17) is 4.74 Å². The highest BCUT2D eigenvalue weighted by Crippen LogP contribution is 2.43. The van der Waals surface area contributed by atoms with Crippen molar-refractivity contribution >= 4 is 5.91 Å². The second-order valence-corrected chi connectivity index (χ2v) is 7.63. The Labute approximate surface area is 143 Å². The lowest BCUT2D eigenvalue weighted by molar-refractivity contribution is -0.139. The van der Waals surface area contributed by atoms with Crippen molar-refractivity contribution in [2.75, 3.05) is 13.7 Å². The van der Waals surface area contributed by atoms with E-state index in [1.165, 1.54) is 32.1 Å². The standard InChI is InChI=1S/C19H27N3O2/c1-24-18-16-11-22(9-8-17(16)20-12-21-18)19(23)15-7-6-13-4-2-3-5-14(13)10-15/h12-15H,2-11H2,1H3/t13-,14-,15+/m0/s1. The van der Waals surface area contributed by atoms with Gasteiger partial charge in [0.05, 0.1) is 24.9 Å². The molecule has 2 saturated carbocycles. The van der Waals surface area contributed by atoms with Gasteiger partial charge >= 0.3 is 0 Å². The van der Waals surface area contributed by atoms with Crippen molar-refractivity contribution in [1.82, 2.24) is 14.9 Å². The van der Waals surface area contributed by atoms with Crippen molar-refractivity contribution < 1.29 is 9.53 Å². The second-order valence-electron chi connectivity index (χ2n) is 7.63. The van der Waals surface area contributed by atoms with Crippen molar-refractivity contribution in [2.45, 2.75) is 57.9 Å². The van der Waals surface area contributed by atoms with Crippen LogP contribution in [0.2, 0.25) is 0 Å². The van der Waals surface area contributed by atoms with Crippen LogP contribution in [0.15, 0.2) is 6.33 Å². The molecule has 2 aliphatic carbocycles. The fraction of sp³-hybridized carbons (Fsp3) is 0.737. The van der Waals surface area contributed by atoms with Crippen molar-refractivity contribution in [2.24, 2.45) is 17.8 Å². The first-order valence-corrected chi connectivity index (χ1v) is 9.41. The number of ether oxygens (including phenoxy) is 1. The highest BCUT2D eigenvalue weighted by molar-refractivity contribution is 5.79. The van der Waals surface area contributed by atoms with Crippen LogP contribution < -0.4 is 4.74 Å². The van der Waals surface area contributed by atoms with E-state index in [0.717, 1.165) is 48.9 Å². The Kier molecular flexibility index (Phi) is 4.42. The van der Waals surface area contributed by atoms with Gasteiger partial charge in [-0.05, 0) is 31.1 Å². The minimum absolute atomic E-state index is 0.224. The Morgan fingerprint density at radius 1 is 1.17 bits per heavy atom. The molecule has 0 aromatic carbocycles. The Morgan fingerprint density at radius 3 is 2.83 bits per heavy atom. The maximum atomic E-state index is 13.1. The number of hydrogen-bond acceptors (Lipinski definition) is 4. The lowest BCUT2D eigenvalue weighted by Crippen LogP contribution is -2.43. The van der Waals surface area contributed by atoms with Gasteiger partial charge in [-0.25, -0.2) is 9.97 Å². The van der Waals surface area contributed by atoms with Crippen LogP contribution in [0.1, 0.15) is 56.2 Å². The molecule has 0 unspecified atom stereocenters. The van der Waals surface area contributed by atoms with E-state index >= 15 is 0 Å². The monoisotopic (exact) mass is 329 g/mol. The van der Waals surface area contributed by atoms with Gasteiger partial charge in [0.1, 0.15) is 6.33 Å². The molecule has 4 rings (SSSR count). The molecule has 2 fully saturated rings. The maximum absolute atomic E-state index is 13.1. The number of amides is 1. The number of carbonyl (C=O) groups excluding carboxylic acids is 1. The molecule has 0 N–H and O–H groups in total. The molecule has 0 spiro atoms. The lowest BCUT2D eigenvalue weighted by atomic mass is 9.67. The predicted octanol–water partition coefficient (Wildman–Crippen LogP) is 2.98. The Hall–Kier alpha value is -1.65. The third-order valence-corrected chi connectivity index (χ3v) is 6.36. The zero-order valence-corrected chi connectivity index (χ0v) is 14.5. The van der Waals surface area contributed by atoms with Crippen molar-refractivity contribution in [3.63, 3.8) is 0 Å². The van der Waals surface area contributed by atoms with Gasteiger partial charge in [0, 0.05) is 18.9 Å². The van der Waals surface area contributed by atoms with Gasteiger partial charge in [-0.15, -0.1) is 0 Å². The number of aromatic nitrogens is 2. The lowest BCUT2D eigenvalue weighted by Gasteiger charge is -2.40. The van der Waals surface area contributed by atoms with Gasteiger partial charge in [-0.2, -0.15) is 0 Å². The predicted molar refractivity (Wildman–Crippen MR) is 90.5 cm³/mol. The second kappa shape index (κ2) is 6.69. The average Bonchev–Trinajstić information content (AvgIpc) is 2.66. The van der Waals surface area contributed by atoms with Crippen LogP contribution in [-0.4, -0.2) is 34.4 Å². The molecule has 1 aliphatic heterocycles. The Bertz CT molecular complexity index is 604. The summed E-state index contributed by atoms with van der Waals surface area (Å²) in [5.74, 6) is 2.86. The molecule has 0 bridgehead atoms. The molecule has 0 saturated heterocycles. The number of methoxy groups -OCH3 is 1. The van der Waals surface area contributed by atoms with E-state index in [1.54, 1.807) is 13.4 Å².